The Morgan fingerprint density at radius 3 is 2.17 bits per heavy atom. The summed E-state index contributed by atoms with van der Waals surface area (Å²) >= 11 is 0. The number of hydrogen-bond acceptors (Lipinski definition) is 2. The van der Waals surface area contributed by atoms with E-state index >= 15 is 0 Å². The smallest absolute Gasteiger partial charge is 0.315 e. The Hall–Kier alpha value is -0.770. The van der Waals surface area contributed by atoms with Crippen molar-refractivity contribution in [1.82, 2.24) is 10.6 Å². The number of carbonyl (C=O) groups is 1. The van der Waals surface area contributed by atoms with Crippen LogP contribution >= 0.6 is 0 Å². The van der Waals surface area contributed by atoms with Gasteiger partial charge in [-0.25, -0.2) is 4.79 Å². The summed E-state index contributed by atoms with van der Waals surface area (Å²) in [6.45, 7) is 2.44. The molecule has 4 aliphatic rings. The van der Waals surface area contributed by atoms with Crippen molar-refractivity contribution in [3.05, 3.63) is 0 Å². The third kappa shape index (κ3) is 2.22. The highest BCUT2D eigenvalue weighted by molar-refractivity contribution is 5.75. The van der Waals surface area contributed by atoms with Gasteiger partial charge in [0, 0.05) is 18.1 Å². The molecule has 0 heterocycles. The van der Waals surface area contributed by atoms with E-state index < -0.39 is 0 Å². The lowest BCUT2D eigenvalue weighted by molar-refractivity contribution is -0.0136. The van der Waals surface area contributed by atoms with E-state index in [0.29, 0.717) is 6.54 Å². The minimum Gasteiger partial charge on any atom is -0.334 e. The van der Waals surface area contributed by atoms with Crippen molar-refractivity contribution in [3.8, 4) is 0 Å². The van der Waals surface area contributed by atoms with Crippen LogP contribution in [0.25, 0.3) is 0 Å². The molecule has 4 bridgehead atoms. The highest BCUT2D eigenvalue weighted by Crippen LogP contribution is 2.55. The maximum absolute atomic E-state index is 12.0. The van der Waals surface area contributed by atoms with Crippen LogP contribution in [-0.2, 0) is 0 Å². The van der Waals surface area contributed by atoms with Gasteiger partial charge in [-0.3, -0.25) is 0 Å². The lowest BCUT2D eigenvalue weighted by Gasteiger charge is -2.56. The van der Waals surface area contributed by atoms with Gasteiger partial charge < -0.3 is 16.4 Å². The zero-order valence-corrected chi connectivity index (χ0v) is 11.2. The number of rotatable bonds is 3. The highest BCUT2D eigenvalue weighted by atomic mass is 16.2. The van der Waals surface area contributed by atoms with Crippen LogP contribution in [0.3, 0.4) is 0 Å². The van der Waals surface area contributed by atoms with E-state index in [9.17, 15) is 4.79 Å². The van der Waals surface area contributed by atoms with Gasteiger partial charge in [-0.2, -0.15) is 0 Å². The number of hydrogen-bond donors (Lipinski definition) is 3. The van der Waals surface area contributed by atoms with Crippen molar-refractivity contribution in [2.24, 2.45) is 23.5 Å². The molecule has 0 aliphatic heterocycles. The zero-order chi connectivity index (χ0) is 12.8. The Morgan fingerprint density at radius 2 is 1.72 bits per heavy atom. The molecule has 4 rings (SSSR count). The highest BCUT2D eigenvalue weighted by Gasteiger charge is 2.51. The summed E-state index contributed by atoms with van der Waals surface area (Å²) in [5.41, 5.74) is 5.64. The van der Waals surface area contributed by atoms with Crippen LogP contribution < -0.4 is 16.4 Å². The zero-order valence-electron chi connectivity index (χ0n) is 11.2. The third-order valence-corrected chi connectivity index (χ3v) is 5.15. The van der Waals surface area contributed by atoms with Gasteiger partial charge in [-0.1, -0.05) is 0 Å². The minimum atomic E-state index is -0.0186. The van der Waals surface area contributed by atoms with E-state index in [0.717, 1.165) is 17.8 Å². The van der Waals surface area contributed by atoms with Gasteiger partial charge in [0.15, 0.2) is 0 Å². The molecule has 4 heteroatoms. The predicted molar refractivity (Wildman–Crippen MR) is 71.1 cm³/mol. The van der Waals surface area contributed by atoms with Crippen molar-refractivity contribution >= 4 is 6.03 Å². The molecule has 4 N–H and O–H groups in total. The summed E-state index contributed by atoms with van der Waals surface area (Å²) in [6, 6.07) is 0.0359. The SMILES string of the molecule is CC(CN)NC(=O)NC12CC3CC(CC(C3)C1)C2. The molecule has 4 saturated carbocycles. The van der Waals surface area contributed by atoms with E-state index in [1.54, 1.807) is 0 Å². The summed E-state index contributed by atoms with van der Waals surface area (Å²) in [6.07, 6.45) is 7.81. The van der Waals surface area contributed by atoms with Crippen LogP contribution in [-0.4, -0.2) is 24.2 Å². The van der Waals surface area contributed by atoms with Crippen molar-refractivity contribution in [3.63, 3.8) is 0 Å². The van der Waals surface area contributed by atoms with Gasteiger partial charge in [-0.05, 0) is 63.2 Å². The fraction of sp³-hybridized carbons (Fsp3) is 0.929. The number of nitrogens with two attached hydrogens (primary N) is 1. The second-order valence-electron chi connectivity index (χ2n) is 6.93. The maximum atomic E-state index is 12.0. The molecule has 0 spiro atoms. The lowest BCUT2D eigenvalue weighted by Crippen LogP contribution is -2.62. The van der Waals surface area contributed by atoms with E-state index in [-0.39, 0.29) is 17.6 Å². The standard InChI is InChI=1S/C14H25N3O/c1-9(8-15)16-13(18)17-14-5-10-2-11(6-14)4-12(3-10)7-14/h9-12H,2-8,15H2,1H3,(H2,16,17,18). The molecule has 4 nitrogen and oxygen atoms in total. The van der Waals surface area contributed by atoms with Crippen LogP contribution in [0.15, 0.2) is 0 Å². The van der Waals surface area contributed by atoms with E-state index in [4.69, 9.17) is 5.73 Å². The largest absolute Gasteiger partial charge is 0.334 e. The van der Waals surface area contributed by atoms with Crippen molar-refractivity contribution in [2.45, 2.75) is 57.0 Å². The second kappa shape index (κ2) is 4.41. The molecular weight excluding hydrogens is 226 g/mol. The van der Waals surface area contributed by atoms with Gasteiger partial charge in [0.1, 0.15) is 0 Å². The van der Waals surface area contributed by atoms with Gasteiger partial charge >= 0.3 is 6.03 Å². The first-order valence-electron chi connectivity index (χ1n) is 7.37. The molecule has 4 aliphatic carbocycles. The lowest BCUT2D eigenvalue weighted by atomic mass is 9.53. The molecule has 1 unspecified atom stereocenters. The second-order valence-corrected chi connectivity index (χ2v) is 6.93. The normalized spacial score (nSPS) is 42.7. The fourth-order valence-corrected chi connectivity index (χ4v) is 4.82. The average molecular weight is 251 g/mol. The van der Waals surface area contributed by atoms with Gasteiger partial charge in [0.25, 0.3) is 0 Å². The van der Waals surface area contributed by atoms with Crippen molar-refractivity contribution in [2.75, 3.05) is 6.54 Å². The number of nitrogens with one attached hydrogen (secondary N) is 2. The summed E-state index contributed by atoms with van der Waals surface area (Å²) in [4.78, 5) is 12.0. The molecule has 0 saturated heterocycles. The van der Waals surface area contributed by atoms with Crippen LogP contribution in [0.5, 0.6) is 0 Å². The molecule has 18 heavy (non-hydrogen) atoms. The molecule has 102 valence electrons. The van der Waals surface area contributed by atoms with Crippen LogP contribution in [0.1, 0.15) is 45.4 Å². The molecule has 1 atom stereocenters. The Labute approximate surface area is 109 Å². The van der Waals surface area contributed by atoms with Crippen molar-refractivity contribution < 1.29 is 4.79 Å². The monoisotopic (exact) mass is 251 g/mol. The summed E-state index contributed by atoms with van der Waals surface area (Å²) in [5.74, 6) is 2.59. The third-order valence-electron chi connectivity index (χ3n) is 5.15. The van der Waals surface area contributed by atoms with E-state index in [1.807, 2.05) is 6.92 Å². The Morgan fingerprint density at radius 1 is 1.22 bits per heavy atom. The molecule has 0 aromatic heterocycles. The quantitative estimate of drug-likeness (QED) is 0.713. The Kier molecular flexibility index (Phi) is 3.00. The number of amides is 2. The number of carbonyl (C=O) groups excluding carboxylic acids is 1. The van der Waals surface area contributed by atoms with Crippen molar-refractivity contribution in [1.29, 1.82) is 0 Å². The first kappa shape index (κ1) is 12.3. The fourth-order valence-electron chi connectivity index (χ4n) is 4.82. The first-order chi connectivity index (χ1) is 8.58. The molecular formula is C14H25N3O. The first-order valence-corrected chi connectivity index (χ1v) is 7.37. The van der Waals surface area contributed by atoms with E-state index in [1.165, 1.54) is 38.5 Å². The Balaban J connectivity index is 1.63. The molecule has 0 aromatic rings. The van der Waals surface area contributed by atoms with Crippen LogP contribution in [0.4, 0.5) is 4.79 Å². The summed E-state index contributed by atoms with van der Waals surface area (Å²) in [5, 5.41) is 6.21. The minimum absolute atomic E-state index is 0.0186. The molecule has 2 amide bonds. The average Bonchev–Trinajstić information content (AvgIpc) is 2.25. The topological polar surface area (TPSA) is 67.1 Å². The van der Waals surface area contributed by atoms with Crippen LogP contribution in [0, 0.1) is 17.8 Å². The Bertz CT molecular complexity index is 307. The van der Waals surface area contributed by atoms with E-state index in [2.05, 4.69) is 10.6 Å². The van der Waals surface area contributed by atoms with Gasteiger partial charge in [0.2, 0.25) is 0 Å². The molecule has 0 aromatic carbocycles. The number of urea groups is 1. The summed E-state index contributed by atoms with van der Waals surface area (Å²) in [7, 11) is 0. The summed E-state index contributed by atoms with van der Waals surface area (Å²) < 4.78 is 0. The maximum Gasteiger partial charge on any atom is 0.315 e. The van der Waals surface area contributed by atoms with Crippen LogP contribution in [0.2, 0.25) is 0 Å². The molecule has 4 fully saturated rings. The predicted octanol–water partition coefficient (Wildman–Crippen LogP) is 1.60. The molecule has 0 radical (unpaired) electrons. The van der Waals surface area contributed by atoms with Gasteiger partial charge in [0.05, 0.1) is 0 Å². The van der Waals surface area contributed by atoms with Gasteiger partial charge in [-0.15, -0.1) is 0 Å².